The lowest BCUT2D eigenvalue weighted by atomic mass is 10.5. The molecule has 0 amide bonds. The van der Waals surface area contributed by atoms with E-state index in [1.54, 1.807) is 6.92 Å². The molecule has 0 radical (unpaired) electrons. The van der Waals surface area contributed by atoms with Crippen molar-refractivity contribution < 1.29 is 29.6 Å². The molecule has 1 rings (SSSR count). The predicted octanol–water partition coefficient (Wildman–Crippen LogP) is 0.0345. The van der Waals surface area contributed by atoms with Crippen LogP contribution < -0.4 is 0 Å². The van der Waals surface area contributed by atoms with Gasteiger partial charge in [0, 0.05) is 13.5 Å². The molecule has 0 aromatic rings. The number of ether oxygens (including phenoxy) is 2. The van der Waals surface area contributed by atoms with Gasteiger partial charge in [-0.1, -0.05) is 6.92 Å². The minimum absolute atomic E-state index is 0.284. The first-order valence-corrected chi connectivity index (χ1v) is 3.77. The van der Waals surface area contributed by atoms with Crippen molar-refractivity contribution in [1.29, 1.82) is 0 Å². The summed E-state index contributed by atoms with van der Waals surface area (Å²) in [4.78, 5) is 9.59. The minimum Gasteiger partial charge on any atom is -0.450 e. The first kappa shape index (κ1) is 14.7. The molecule has 0 aromatic heterocycles. The molecule has 13 heavy (non-hydrogen) atoms. The second-order valence-corrected chi connectivity index (χ2v) is 1.86. The highest BCUT2D eigenvalue weighted by Crippen LogP contribution is 1.90. The van der Waals surface area contributed by atoms with Crippen molar-refractivity contribution in [2.75, 3.05) is 20.3 Å². The van der Waals surface area contributed by atoms with Crippen LogP contribution in [0.25, 0.3) is 0 Å². The summed E-state index contributed by atoms with van der Waals surface area (Å²) in [6.07, 6.45) is -2.33. The summed E-state index contributed by atoms with van der Waals surface area (Å²) in [5.41, 5.74) is 0. The molecular weight excluding hydrogens is 180 g/mol. The molecule has 1 heterocycles. The van der Waals surface area contributed by atoms with Gasteiger partial charge >= 0.3 is 6.16 Å². The normalized spacial score (nSPS) is 13.8. The minimum atomic E-state index is -1.45. The van der Waals surface area contributed by atoms with Crippen LogP contribution in [0.15, 0.2) is 0 Å². The highest BCUT2D eigenvalue weighted by atomic mass is 16.7. The SMILES string of the molecule is C1CO1.CCC(O)OC(=O)O.CO. The van der Waals surface area contributed by atoms with Gasteiger partial charge in [-0.05, 0) is 0 Å². The molecule has 1 fully saturated rings. The van der Waals surface area contributed by atoms with E-state index in [1.807, 2.05) is 0 Å². The largest absolute Gasteiger partial charge is 0.508 e. The van der Waals surface area contributed by atoms with Crippen molar-refractivity contribution >= 4 is 6.16 Å². The molecule has 0 bridgehead atoms. The molecule has 0 spiro atoms. The Balaban J connectivity index is 0. The quantitative estimate of drug-likeness (QED) is 0.327. The summed E-state index contributed by atoms with van der Waals surface area (Å²) in [7, 11) is 1.00. The van der Waals surface area contributed by atoms with Crippen LogP contribution in [-0.2, 0) is 9.47 Å². The van der Waals surface area contributed by atoms with E-state index >= 15 is 0 Å². The van der Waals surface area contributed by atoms with E-state index in [1.165, 1.54) is 0 Å². The third kappa shape index (κ3) is 24.7. The number of epoxide rings is 1. The van der Waals surface area contributed by atoms with E-state index in [0.29, 0.717) is 0 Å². The monoisotopic (exact) mass is 196 g/mol. The summed E-state index contributed by atoms with van der Waals surface area (Å²) >= 11 is 0. The number of aliphatic hydroxyl groups excluding tert-OH is 2. The molecular formula is C7H16O6. The number of carboxylic acid groups (broad SMARTS) is 1. The number of rotatable bonds is 2. The summed E-state index contributed by atoms with van der Waals surface area (Å²) in [5, 5.41) is 23.3. The second-order valence-electron chi connectivity index (χ2n) is 1.86. The lowest BCUT2D eigenvalue weighted by Crippen LogP contribution is -2.14. The lowest BCUT2D eigenvalue weighted by molar-refractivity contribution is -0.0715. The molecule has 0 aromatic carbocycles. The van der Waals surface area contributed by atoms with Gasteiger partial charge in [0.25, 0.3) is 0 Å². The zero-order valence-corrected chi connectivity index (χ0v) is 7.77. The maximum atomic E-state index is 9.59. The van der Waals surface area contributed by atoms with E-state index < -0.39 is 12.4 Å². The van der Waals surface area contributed by atoms with Crippen molar-refractivity contribution in [3.8, 4) is 0 Å². The Morgan fingerprint density at radius 3 is 2.00 bits per heavy atom. The van der Waals surface area contributed by atoms with Crippen LogP contribution in [0.1, 0.15) is 13.3 Å². The number of aliphatic hydroxyl groups is 2. The Morgan fingerprint density at radius 2 is 1.92 bits per heavy atom. The van der Waals surface area contributed by atoms with Crippen LogP contribution in [0, 0.1) is 0 Å². The molecule has 1 unspecified atom stereocenters. The average Bonchev–Trinajstić information content (AvgIpc) is 2.93. The molecule has 0 aliphatic carbocycles. The van der Waals surface area contributed by atoms with Gasteiger partial charge in [-0.15, -0.1) is 0 Å². The van der Waals surface area contributed by atoms with Gasteiger partial charge in [-0.2, -0.15) is 0 Å². The van der Waals surface area contributed by atoms with Crippen molar-refractivity contribution in [3.63, 3.8) is 0 Å². The fraction of sp³-hybridized carbons (Fsp3) is 0.857. The van der Waals surface area contributed by atoms with Crippen LogP contribution in [0.2, 0.25) is 0 Å². The molecule has 1 aliphatic heterocycles. The highest BCUT2D eigenvalue weighted by molar-refractivity contribution is 5.56. The van der Waals surface area contributed by atoms with E-state index in [-0.39, 0.29) is 6.42 Å². The van der Waals surface area contributed by atoms with Gasteiger partial charge in [0.2, 0.25) is 6.29 Å². The molecule has 0 saturated carbocycles. The predicted molar refractivity (Wildman–Crippen MR) is 44.4 cm³/mol. The van der Waals surface area contributed by atoms with Crippen molar-refractivity contribution in [2.24, 2.45) is 0 Å². The van der Waals surface area contributed by atoms with Gasteiger partial charge in [0.1, 0.15) is 0 Å². The molecule has 1 atom stereocenters. The van der Waals surface area contributed by atoms with E-state index in [0.717, 1.165) is 20.3 Å². The Labute approximate surface area is 76.7 Å². The molecule has 1 aliphatic rings. The standard InChI is InChI=1S/C4H8O4.C2H4O.CH4O/c1-2-3(5)8-4(6)7;1-2-3-1;1-2/h3,5H,2H2,1H3,(H,6,7);1-2H2;2H,1H3. The van der Waals surface area contributed by atoms with E-state index in [2.05, 4.69) is 9.47 Å². The summed E-state index contributed by atoms with van der Waals surface area (Å²) < 4.78 is 8.37. The Bertz CT molecular complexity index is 111. The summed E-state index contributed by atoms with van der Waals surface area (Å²) in [6, 6.07) is 0. The van der Waals surface area contributed by atoms with Crippen molar-refractivity contribution in [2.45, 2.75) is 19.6 Å². The van der Waals surface area contributed by atoms with Crippen LogP contribution in [0.4, 0.5) is 4.79 Å². The van der Waals surface area contributed by atoms with Crippen molar-refractivity contribution in [3.05, 3.63) is 0 Å². The van der Waals surface area contributed by atoms with E-state index in [4.69, 9.17) is 15.3 Å². The smallest absolute Gasteiger partial charge is 0.450 e. The first-order chi connectivity index (χ1) is 6.16. The average molecular weight is 196 g/mol. The molecule has 6 nitrogen and oxygen atoms in total. The fourth-order valence-electron chi connectivity index (χ4n) is 0.200. The number of hydrogen-bond acceptors (Lipinski definition) is 5. The van der Waals surface area contributed by atoms with Gasteiger partial charge in [0.05, 0.1) is 13.2 Å². The van der Waals surface area contributed by atoms with Gasteiger partial charge in [-0.3, -0.25) is 0 Å². The lowest BCUT2D eigenvalue weighted by Gasteiger charge is -2.03. The van der Waals surface area contributed by atoms with Crippen molar-refractivity contribution in [1.82, 2.24) is 0 Å². The highest BCUT2D eigenvalue weighted by Gasteiger charge is 2.03. The Hall–Kier alpha value is -0.850. The van der Waals surface area contributed by atoms with Gasteiger partial charge in [0.15, 0.2) is 0 Å². The molecule has 6 heteroatoms. The molecule has 80 valence electrons. The molecule has 3 N–H and O–H groups in total. The van der Waals surface area contributed by atoms with Crippen LogP contribution in [-0.4, -0.2) is 48.1 Å². The van der Waals surface area contributed by atoms with E-state index in [9.17, 15) is 4.79 Å². The third-order valence-electron chi connectivity index (χ3n) is 0.790. The fourth-order valence-corrected chi connectivity index (χ4v) is 0.200. The topological polar surface area (TPSA) is 99.5 Å². The maximum Gasteiger partial charge on any atom is 0.508 e. The molecule has 1 saturated heterocycles. The van der Waals surface area contributed by atoms with Crippen LogP contribution in [0.3, 0.4) is 0 Å². The zero-order chi connectivity index (χ0) is 10.7. The third-order valence-corrected chi connectivity index (χ3v) is 0.790. The first-order valence-electron chi connectivity index (χ1n) is 3.77. The summed E-state index contributed by atoms with van der Waals surface area (Å²) in [6.45, 7) is 3.62. The summed E-state index contributed by atoms with van der Waals surface area (Å²) in [5.74, 6) is 0. The Morgan fingerprint density at radius 1 is 1.54 bits per heavy atom. The number of hydrogen-bond donors (Lipinski definition) is 3. The zero-order valence-electron chi connectivity index (χ0n) is 7.77. The number of carbonyl (C=O) groups is 1. The van der Waals surface area contributed by atoms with Gasteiger partial charge < -0.3 is 24.8 Å². The van der Waals surface area contributed by atoms with Crippen LogP contribution in [0.5, 0.6) is 0 Å². The maximum absolute atomic E-state index is 9.59. The van der Waals surface area contributed by atoms with Crippen LogP contribution >= 0.6 is 0 Å². The Kier molecular flexibility index (Phi) is 12.6. The van der Waals surface area contributed by atoms with Gasteiger partial charge in [-0.25, -0.2) is 4.79 Å². The second kappa shape index (κ2) is 11.2.